The molecule has 8 nitrogen and oxygen atoms in total. The van der Waals surface area contributed by atoms with Crippen molar-refractivity contribution in [2.45, 2.75) is 35.2 Å². The van der Waals surface area contributed by atoms with E-state index in [1.165, 1.54) is 22.9 Å². The summed E-state index contributed by atoms with van der Waals surface area (Å²) in [5.74, 6) is 4.00. The quantitative estimate of drug-likeness (QED) is 0.411. The minimum Gasteiger partial charge on any atom is -0.383 e. The van der Waals surface area contributed by atoms with Crippen LogP contribution in [-0.2, 0) is 6.42 Å². The first-order valence-corrected chi connectivity index (χ1v) is 11.3. The molecule has 1 aliphatic carbocycles. The molecule has 2 aliphatic rings. The molecule has 3 heterocycles. The smallest absolute Gasteiger partial charge is 0.227 e. The molecular weight excluding hydrogens is 420 g/mol. The van der Waals surface area contributed by atoms with Crippen LogP contribution >= 0.6 is 11.8 Å². The molecule has 162 valence electrons. The lowest BCUT2D eigenvalue weighted by Crippen LogP contribution is -2.45. The molecule has 0 bridgehead atoms. The van der Waals surface area contributed by atoms with Crippen LogP contribution in [0.25, 0.3) is 0 Å². The van der Waals surface area contributed by atoms with Crippen LogP contribution in [0.1, 0.15) is 35.6 Å². The van der Waals surface area contributed by atoms with E-state index < -0.39 is 0 Å². The first-order chi connectivity index (χ1) is 15.5. The Bertz CT molecular complexity index is 1210. The Morgan fingerprint density at radius 1 is 1.12 bits per heavy atom. The second kappa shape index (κ2) is 7.97. The maximum Gasteiger partial charge on any atom is 0.227 e. The van der Waals surface area contributed by atoms with Crippen molar-refractivity contribution in [2.75, 3.05) is 29.5 Å². The van der Waals surface area contributed by atoms with Gasteiger partial charge in [0.2, 0.25) is 11.9 Å². The second-order valence-electron chi connectivity index (χ2n) is 8.34. The van der Waals surface area contributed by atoms with Gasteiger partial charge in [-0.1, -0.05) is 23.7 Å². The Morgan fingerprint density at radius 3 is 2.66 bits per heavy atom. The molecule has 1 fully saturated rings. The standard InChI is InChI=1S/C23H24N8S/c1-2-14-3-4-15-12-23(19(24)16(15)11-14)6-9-31(10-7-23)22-28-13-17(20(25)30-22)32-18-5-8-27-21(26)29-18/h1,3-5,8,11,13,19H,6-7,9-10,12,24H2,(H2,25,28,30)(H2,26,27,29)/t19-/m1/s1. The average Bonchev–Trinajstić information content (AvgIpc) is 3.06. The van der Waals surface area contributed by atoms with Gasteiger partial charge in [-0.15, -0.1) is 6.42 Å². The van der Waals surface area contributed by atoms with Crippen molar-refractivity contribution in [1.29, 1.82) is 0 Å². The lowest BCUT2D eigenvalue weighted by molar-refractivity contribution is 0.187. The fourth-order valence-electron chi connectivity index (χ4n) is 4.73. The van der Waals surface area contributed by atoms with Gasteiger partial charge in [-0.25, -0.2) is 15.0 Å². The highest BCUT2D eigenvalue weighted by molar-refractivity contribution is 7.99. The Balaban J connectivity index is 1.28. The van der Waals surface area contributed by atoms with Crippen molar-refractivity contribution in [3.63, 3.8) is 0 Å². The van der Waals surface area contributed by atoms with Crippen LogP contribution in [0, 0.1) is 17.8 Å². The van der Waals surface area contributed by atoms with Crippen LogP contribution in [0.2, 0.25) is 0 Å². The Labute approximate surface area is 191 Å². The lowest BCUT2D eigenvalue weighted by atomic mass is 9.73. The van der Waals surface area contributed by atoms with Gasteiger partial charge in [-0.3, -0.25) is 0 Å². The lowest BCUT2D eigenvalue weighted by Gasteiger charge is -2.42. The number of hydrogen-bond acceptors (Lipinski definition) is 9. The number of aromatic nitrogens is 4. The molecular formula is C23H24N8S. The highest BCUT2D eigenvalue weighted by Crippen LogP contribution is 2.51. The summed E-state index contributed by atoms with van der Waals surface area (Å²) in [6.07, 6.45) is 11.9. The van der Waals surface area contributed by atoms with Crippen LogP contribution in [0.5, 0.6) is 0 Å². The van der Waals surface area contributed by atoms with Crippen molar-refractivity contribution in [1.82, 2.24) is 19.9 Å². The van der Waals surface area contributed by atoms with Crippen molar-refractivity contribution >= 4 is 29.5 Å². The first kappa shape index (κ1) is 20.5. The normalized spacial score (nSPS) is 19.0. The predicted octanol–water partition coefficient (Wildman–Crippen LogP) is 2.41. The van der Waals surface area contributed by atoms with Gasteiger partial charge in [-0.2, -0.15) is 4.98 Å². The summed E-state index contributed by atoms with van der Waals surface area (Å²) in [5.41, 5.74) is 22.1. The SMILES string of the molecule is C#Cc1ccc2c(c1)[C@@H](N)C1(CCN(c3ncc(Sc4ccnc(N)n4)c(N)n3)CC1)C2. The highest BCUT2D eigenvalue weighted by Gasteiger charge is 2.46. The zero-order valence-corrected chi connectivity index (χ0v) is 18.3. The molecule has 6 N–H and O–H groups in total. The van der Waals surface area contributed by atoms with Gasteiger partial charge in [-0.05, 0) is 54.0 Å². The molecule has 3 aromatic rings. The zero-order valence-electron chi connectivity index (χ0n) is 17.5. The topological polar surface area (TPSA) is 133 Å². The van der Waals surface area contributed by atoms with Crippen molar-refractivity contribution < 1.29 is 0 Å². The molecule has 1 saturated heterocycles. The van der Waals surface area contributed by atoms with Gasteiger partial charge in [0.15, 0.2) is 0 Å². The zero-order chi connectivity index (χ0) is 22.3. The summed E-state index contributed by atoms with van der Waals surface area (Å²) < 4.78 is 0. The molecule has 0 unspecified atom stereocenters. The number of terminal acetylenes is 1. The number of fused-ring (bicyclic) bond motifs is 1. The first-order valence-electron chi connectivity index (χ1n) is 10.5. The van der Waals surface area contributed by atoms with Crippen molar-refractivity contribution in [3.8, 4) is 12.3 Å². The van der Waals surface area contributed by atoms with E-state index in [0.29, 0.717) is 16.8 Å². The fourth-order valence-corrected chi connectivity index (χ4v) is 5.47. The molecule has 2 aromatic heterocycles. The third kappa shape index (κ3) is 3.61. The van der Waals surface area contributed by atoms with Gasteiger partial charge in [0.25, 0.3) is 0 Å². The van der Waals surface area contributed by atoms with Crippen LogP contribution in [-0.4, -0.2) is 33.0 Å². The molecule has 1 aromatic carbocycles. The predicted molar refractivity (Wildman–Crippen MR) is 126 cm³/mol. The van der Waals surface area contributed by atoms with Gasteiger partial charge in [0.05, 0.1) is 4.90 Å². The fraction of sp³-hybridized carbons (Fsp3) is 0.304. The summed E-state index contributed by atoms with van der Waals surface area (Å²) in [4.78, 5) is 20.1. The summed E-state index contributed by atoms with van der Waals surface area (Å²) in [6.45, 7) is 1.66. The molecule has 1 spiro atoms. The highest BCUT2D eigenvalue weighted by atomic mass is 32.2. The number of nitrogens with zero attached hydrogens (tertiary/aromatic N) is 5. The van der Waals surface area contributed by atoms with E-state index in [0.717, 1.165) is 42.8 Å². The molecule has 1 atom stereocenters. The molecule has 0 radical (unpaired) electrons. The average molecular weight is 445 g/mol. The van der Waals surface area contributed by atoms with E-state index in [4.69, 9.17) is 23.6 Å². The minimum atomic E-state index is -0.00184. The van der Waals surface area contributed by atoms with E-state index in [1.807, 2.05) is 6.07 Å². The van der Waals surface area contributed by atoms with E-state index in [1.54, 1.807) is 18.5 Å². The van der Waals surface area contributed by atoms with Gasteiger partial charge in [0.1, 0.15) is 10.8 Å². The Hall–Kier alpha value is -3.35. The number of benzene rings is 1. The number of anilines is 3. The third-order valence-corrected chi connectivity index (χ3v) is 7.50. The van der Waals surface area contributed by atoms with E-state index in [2.05, 4.69) is 42.9 Å². The van der Waals surface area contributed by atoms with Gasteiger partial charge < -0.3 is 22.1 Å². The number of piperidine rings is 1. The number of hydrogen-bond donors (Lipinski definition) is 3. The Kier molecular flexibility index (Phi) is 5.12. The second-order valence-corrected chi connectivity index (χ2v) is 9.40. The molecule has 0 amide bonds. The molecule has 32 heavy (non-hydrogen) atoms. The van der Waals surface area contributed by atoms with Crippen LogP contribution in [0.4, 0.5) is 17.7 Å². The maximum atomic E-state index is 6.73. The van der Waals surface area contributed by atoms with E-state index in [9.17, 15) is 0 Å². The molecule has 0 saturated carbocycles. The molecule has 1 aliphatic heterocycles. The summed E-state index contributed by atoms with van der Waals surface area (Å²) in [6, 6.07) is 7.99. The van der Waals surface area contributed by atoms with Crippen LogP contribution in [0.3, 0.4) is 0 Å². The summed E-state index contributed by atoms with van der Waals surface area (Å²) >= 11 is 1.37. The maximum absolute atomic E-state index is 6.73. The summed E-state index contributed by atoms with van der Waals surface area (Å²) in [7, 11) is 0. The minimum absolute atomic E-state index is 0.00184. The number of rotatable bonds is 3. The molecule has 9 heteroatoms. The largest absolute Gasteiger partial charge is 0.383 e. The monoisotopic (exact) mass is 444 g/mol. The van der Waals surface area contributed by atoms with Gasteiger partial charge in [0, 0.05) is 37.1 Å². The molecule has 5 rings (SSSR count). The number of nitrogen functional groups attached to an aromatic ring is 2. The van der Waals surface area contributed by atoms with E-state index >= 15 is 0 Å². The Morgan fingerprint density at radius 2 is 1.94 bits per heavy atom. The van der Waals surface area contributed by atoms with Crippen molar-refractivity contribution in [3.05, 3.63) is 53.3 Å². The van der Waals surface area contributed by atoms with Gasteiger partial charge >= 0.3 is 0 Å². The number of nitrogens with two attached hydrogens (primary N) is 3. The van der Waals surface area contributed by atoms with Crippen LogP contribution < -0.4 is 22.1 Å². The van der Waals surface area contributed by atoms with E-state index in [-0.39, 0.29) is 17.4 Å². The van der Waals surface area contributed by atoms with Crippen molar-refractivity contribution in [2.24, 2.45) is 11.1 Å². The third-order valence-electron chi connectivity index (χ3n) is 6.53. The van der Waals surface area contributed by atoms with Crippen LogP contribution in [0.15, 0.2) is 46.6 Å². The summed E-state index contributed by atoms with van der Waals surface area (Å²) in [5, 5.41) is 0.697.